The van der Waals surface area contributed by atoms with Crippen LogP contribution in [-0.4, -0.2) is 41.3 Å². The molecule has 1 heterocycles. The Morgan fingerprint density at radius 2 is 2.15 bits per heavy atom. The van der Waals surface area contributed by atoms with Crippen molar-refractivity contribution in [1.82, 2.24) is 0 Å². The molecule has 1 aromatic rings. The van der Waals surface area contributed by atoms with Gasteiger partial charge in [-0.15, -0.1) is 0 Å². The number of hydrogen-bond acceptors (Lipinski definition) is 6. The number of carbonyl (C=O) groups is 1. The summed E-state index contributed by atoms with van der Waals surface area (Å²) < 4.78 is 4.99. The Balaban J connectivity index is 2.20. The van der Waals surface area contributed by atoms with Crippen LogP contribution in [0.5, 0.6) is 0 Å². The van der Waals surface area contributed by atoms with Gasteiger partial charge in [-0.3, -0.25) is 10.1 Å². The summed E-state index contributed by atoms with van der Waals surface area (Å²) in [5.41, 5.74) is 0.645. The predicted octanol–water partition coefficient (Wildman–Crippen LogP) is 1.10. The minimum Gasteiger partial charge on any atom is -0.464 e. The summed E-state index contributed by atoms with van der Waals surface area (Å²) in [7, 11) is 0. The summed E-state index contributed by atoms with van der Waals surface area (Å²) in [4.78, 5) is 23.7. The molecule has 1 saturated heterocycles. The van der Waals surface area contributed by atoms with Gasteiger partial charge in [0.1, 0.15) is 6.04 Å². The van der Waals surface area contributed by atoms with E-state index in [1.807, 2.05) is 0 Å². The molecule has 0 aliphatic carbocycles. The van der Waals surface area contributed by atoms with Crippen LogP contribution < -0.4 is 4.90 Å². The summed E-state index contributed by atoms with van der Waals surface area (Å²) in [6.45, 7) is 2.31. The molecule has 0 aromatic heterocycles. The van der Waals surface area contributed by atoms with Crippen molar-refractivity contribution in [3.8, 4) is 0 Å². The Kier molecular flexibility index (Phi) is 4.19. The summed E-state index contributed by atoms with van der Waals surface area (Å²) in [6, 6.07) is 5.35. The second-order valence-electron chi connectivity index (χ2n) is 4.58. The number of β-amino-alcohol motifs (C(OH)–C–C–N with tert-alkyl or cyclic N) is 1. The monoisotopic (exact) mass is 280 g/mol. The van der Waals surface area contributed by atoms with Crippen molar-refractivity contribution < 1.29 is 19.6 Å². The molecule has 2 rings (SSSR count). The molecule has 1 N–H and O–H groups in total. The molecule has 0 spiro atoms. The maximum Gasteiger partial charge on any atom is 0.328 e. The lowest BCUT2D eigenvalue weighted by Crippen LogP contribution is -2.37. The van der Waals surface area contributed by atoms with E-state index in [1.165, 1.54) is 12.1 Å². The Hall–Kier alpha value is -2.15. The molecule has 7 nitrogen and oxygen atoms in total. The van der Waals surface area contributed by atoms with Gasteiger partial charge in [-0.05, 0) is 19.1 Å². The molecule has 1 aliphatic heterocycles. The number of nitrogens with zero attached hydrogens (tertiary/aromatic N) is 2. The molecule has 0 radical (unpaired) electrons. The zero-order chi connectivity index (χ0) is 14.7. The smallest absolute Gasteiger partial charge is 0.328 e. The molecule has 1 aromatic carbocycles. The molecule has 0 saturated carbocycles. The summed E-state index contributed by atoms with van der Waals surface area (Å²) in [5.74, 6) is -0.387. The van der Waals surface area contributed by atoms with E-state index in [0.717, 1.165) is 0 Å². The number of non-ortho nitro benzene ring substituents is 1. The van der Waals surface area contributed by atoms with E-state index in [4.69, 9.17) is 4.74 Å². The van der Waals surface area contributed by atoms with E-state index < -0.39 is 17.1 Å². The topological polar surface area (TPSA) is 92.9 Å². The van der Waals surface area contributed by atoms with Crippen molar-refractivity contribution in [2.45, 2.75) is 25.5 Å². The van der Waals surface area contributed by atoms with Crippen molar-refractivity contribution in [3.05, 3.63) is 34.4 Å². The molecule has 1 aliphatic rings. The molecular formula is C13H16N2O5. The highest BCUT2D eigenvalue weighted by Crippen LogP contribution is 2.28. The number of anilines is 1. The molecular weight excluding hydrogens is 264 g/mol. The maximum atomic E-state index is 11.9. The van der Waals surface area contributed by atoms with Crippen LogP contribution in [0.1, 0.15) is 13.3 Å². The van der Waals surface area contributed by atoms with Gasteiger partial charge in [-0.25, -0.2) is 4.79 Å². The van der Waals surface area contributed by atoms with Crippen molar-refractivity contribution in [1.29, 1.82) is 0 Å². The number of ether oxygens (including phenoxy) is 1. The molecule has 2 unspecified atom stereocenters. The minimum absolute atomic E-state index is 0.0128. The summed E-state index contributed by atoms with van der Waals surface area (Å²) >= 11 is 0. The lowest BCUT2D eigenvalue weighted by Gasteiger charge is -2.24. The molecule has 2 atom stereocenters. The predicted molar refractivity (Wildman–Crippen MR) is 71.5 cm³/mol. The molecule has 0 amide bonds. The fourth-order valence-electron chi connectivity index (χ4n) is 2.33. The number of hydrogen-bond donors (Lipinski definition) is 1. The zero-order valence-electron chi connectivity index (χ0n) is 11.1. The van der Waals surface area contributed by atoms with Crippen LogP contribution in [0.25, 0.3) is 0 Å². The number of nitro benzene ring substituents is 1. The van der Waals surface area contributed by atoms with Gasteiger partial charge in [0, 0.05) is 30.8 Å². The Morgan fingerprint density at radius 1 is 1.50 bits per heavy atom. The number of esters is 1. The van der Waals surface area contributed by atoms with E-state index in [0.29, 0.717) is 18.7 Å². The van der Waals surface area contributed by atoms with Crippen molar-refractivity contribution in [3.63, 3.8) is 0 Å². The largest absolute Gasteiger partial charge is 0.464 e. The van der Waals surface area contributed by atoms with Gasteiger partial charge in [0.05, 0.1) is 17.6 Å². The summed E-state index contributed by atoms with van der Waals surface area (Å²) in [6.07, 6.45) is -0.310. The van der Waals surface area contributed by atoms with E-state index in [1.54, 1.807) is 24.0 Å². The SMILES string of the molecule is CCOC(=O)C1CC(O)CN1c1ccc([N+](=O)[O-])cc1. The van der Waals surface area contributed by atoms with E-state index in [-0.39, 0.29) is 18.3 Å². The molecule has 20 heavy (non-hydrogen) atoms. The molecule has 7 heteroatoms. The van der Waals surface area contributed by atoms with Crippen LogP contribution in [0.15, 0.2) is 24.3 Å². The van der Waals surface area contributed by atoms with Gasteiger partial charge in [-0.1, -0.05) is 0 Å². The number of rotatable bonds is 4. The molecule has 0 bridgehead atoms. The lowest BCUT2D eigenvalue weighted by molar-refractivity contribution is -0.384. The van der Waals surface area contributed by atoms with Crippen molar-refractivity contribution in [2.24, 2.45) is 0 Å². The van der Waals surface area contributed by atoms with Gasteiger partial charge in [0.25, 0.3) is 5.69 Å². The van der Waals surface area contributed by atoms with Crippen LogP contribution in [0.2, 0.25) is 0 Å². The number of carbonyl (C=O) groups excluding carboxylic acids is 1. The van der Waals surface area contributed by atoms with E-state index >= 15 is 0 Å². The third kappa shape index (κ3) is 2.88. The number of benzene rings is 1. The first-order chi connectivity index (χ1) is 9.52. The van der Waals surface area contributed by atoms with E-state index in [2.05, 4.69) is 0 Å². The second kappa shape index (κ2) is 5.87. The first-order valence-electron chi connectivity index (χ1n) is 6.38. The van der Waals surface area contributed by atoms with Gasteiger partial charge < -0.3 is 14.7 Å². The highest BCUT2D eigenvalue weighted by atomic mass is 16.6. The van der Waals surface area contributed by atoms with E-state index in [9.17, 15) is 20.0 Å². The highest BCUT2D eigenvalue weighted by Gasteiger charge is 2.37. The van der Waals surface area contributed by atoms with Gasteiger partial charge in [0.15, 0.2) is 0 Å². The van der Waals surface area contributed by atoms with Crippen LogP contribution in [-0.2, 0) is 9.53 Å². The standard InChI is InChI=1S/C13H16N2O5/c1-2-20-13(17)12-7-11(16)8-14(12)9-3-5-10(6-4-9)15(18)19/h3-6,11-12,16H,2,7-8H2,1H3. The molecule has 108 valence electrons. The fourth-order valence-corrected chi connectivity index (χ4v) is 2.33. The van der Waals surface area contributed by atoms with Crippen molar-refractivity contribution >= 4 is 17.3 Å². The number of aliphatic hydroxyl groups is 1. The average Bonchev–Trinajstić information content (AvgIpc) is 2.81. The first-order valence-corrected chi connectivity index (χ1v) is 6.38. The molecule has 1 fully saturated rings. The maximum absolute atomic E-state index is 11.9. The van der Waals surface area contributed by atoms with Crippen LogP contribution >= 0.6 is 0 Å². The van der Waals surface area contributed by atoms with Crippen molar-refractivity contribution in [2.75, 3.05) is 18.1 Å². The normalized spacial score (nSPS) is 21.8. The fraction of sp³-hybridized carbons (Fsp3) is 0.462. The third-order valence-electron chi connectivity index (χ3n) is 3.23. The quantitative estimate of drug-likeness (QED) is 0.504. The Labute approximate surface area is 115 Å². The Morgan fingerprint density at radius 3 is 2.70 bits per heavy atom. The van der Waals surface area contributed by atoms with Crippen LogP contribution in [0, 0.1) is 10.1 Å². The third-order valence-corrected chi connectivity index (χ3v) is 3.23. The first kappa shape index (κ1) is 14.3. The summed E-state index contributed by atoms with van der Waals surface area (Å²) in [5, 5.41) is 20.4. The second-order valence-corrected chi connectivity index (χ2v) is 4.58. The highest BCUT2D eigenvalue weighted by molar-refractivity contribution is 5.81. The van der Waals surface area contributed by atoms with Gasteiger partial charge in [-0.2, -0.15) is 0 Å². The lowest BCUT2D eigenvalue weighted by atomic mass is 10.2. The van der Waals surface area contributed by atoms with Crippen LogP contribution in [0.4, 0.5) is 11.4 Å². The van der Waals surface area contributed by atoms with Crippen LogP contribution in [0.3, 0.4) is 0 Å². The zero-order valence-corrected chi connectivity index (χ0v) is 11.1. The minimum atomic E-state index is -0.611. The average molecular weight is 280 g/mol. The number of aliphatic hydroxyl groups excluding tert-OH is 1. The Bertz CT molecular complexity index is 502. The van der Waals surface area contributed by atoms with Gasteiger partial charge >= 0.3 is 5.97 Å². The van der Waals surface area contributed by atoms with Gasteiger partial charge in [0.2, 0.25) is 0 Å². The number of nitro groups is 1.